The van der Waals surface area contributed by atoms with Crippen LogP contribution in [0.5, 0.6) is 0 Å². The van der Waals surface area contributed by atoms with E-state index < -0.39 is 96.3 Å². The molecule has 0 aromatic heterocycles. The quantitative estimate of drug-likeness (QED) is 0.0402. The molecule has 0 aromatic carbocycles. The lowest BCUT2D eigenvalue weighted by Crippen LogP contribution is -2.62. The number of aliphatic carboxylic acids is 1. The van der Waals surface area contributed by atoms with E-state index in [1.165, 1.54) is 0 Å². The van der Waals surface area contributed by atoms with Gasteiger partial charge in [0, 0.05) is 0 Å². The molecule has 0 saturated heterocycles. The molecule has 0 radical (unpaired) electrons. The summed E-state index contributed by atoms with van der Waals surface area (Å²) < 4.78 is 0. The first-order chi connectivity index (χ1) is 22.9. The molecule has 0 fully saturated rings. The molecule has 19 nitrogen and oxygen atoms in total. The van der Waals surface area contributed by atoms with Crippen LogP contribution >= 0.6 is 0 Å². The van der Waals surface area contributed by atoms with Gasteiger partial charge >= 0.3 is 5.97 Å². The summed E-state index contributed by atoms with van der Waals surface area (Å²) in [5, 5.41) is 41.1. The molecule has 6 amide bonds. The first-order valence-electron chi connectivity index (χ1n) is 16.4. The van der Waals surface area contributed by atoms with Crippen LogP contribution < -0.4 is 49.5 Å². The SMILES string of the molecule is CC(C)C[C@H](N)C(=O)N[C@@H](CCCCN)C(=O)N[C@@H](CCCCN)C(=O)N[C@H](C(=O)N[C@@H](CC(N)=O)C(=O)N[C@H](C(=O)O)[C@@H](C)O)[C@@H](C)O. The molecular weight excluding hydrogens is 646 g/mol. The molecule has 8 atom stereocenters. The first kappa shape index (κ1) is 45.1. The number of carbonyl (C=O) groups excluding carboxylic acids is 6. The minimum absolute atomic E-state index is 0.0574. The first-order valence-corrected chi connectivity index (χ1v) is 16.4. The van der Waals surface area contributed by atoms with Crippen molar-refractivity contribution >= 4 is 41.4 Å². The highest BCUT2D eigenvalue weighted by molar-refractivity contribution is 5.97. The molecule has 0 rings (SSSR count). The molecule has 0 aliphatic heterocycles. The summed E-state index contributed by atoms with van der Waals surface area (Å²) in [5.74, 6) is -7.00. The van der Waals surface area contributed by atoms with E-state index in [1.54, 1.807) is 0 Å². The van der Waals surface area contributed by atoms with Gasteiger partial charge in [-0.15, -0.1) is 0 Å². The number of nitrogens with one attached hydrogen (secondary N) is 5. The Bertz CT molecular complexity index is 1110. The second-order valence-corrected chi connectivity index (χ2v) is 12.5. The number of nitrogens with two attached hydrogens (primary N) is 4. The largest absolute Gasteiger partial charge is 0.480 e. The highest BCUT2D eigenvalue weighted by Gasteiger charge is 2.35. The van der Waals surface area contributed by atoms with Crippen molar-refractivity contribution in [3.63, 3.8) is 0 Å². The van der Waals surface area contributed by atoms with Crippen molar-refractivity contribution in [2.45, 2.75) is 128 Å². The molecule has 282 valence electrons. The van der Waals surface area contributed by atoms with Crippen molar-refractivity contribution < 1.29 is 48.9 Å². The fraction of sp³-hybridized carbons (Fsp3) is 0.767. The van der Waals surface area contributed by atoms with Crippen LogP contribution in [0, 0.1) is 5.92 Å². The van der Waals surface area contributed by atoms with Crippen molar-refractivity contribution in [1.82, 2.24) is 26.6 Å². The van der Waals surface area contributed by atoms with Gasteiger partial charge in [0.2, 0.25) is 35.4 Å². The maximum atomic E-state index is 13.5. The number of unbranched alkanes of at least 4 members (excludes halogenated alkanes) is 2. The minimum atomic E-state index is -1.79. The van der Waals surface area contributed by atoms with E-state index in [-0.39, 0.29) is 25.3 Å². The molecule has 0 heterocycles. The third kappa shape index (κ3) is 17.9. The highest BCUT2D eigenvalue weighted by atomic mass is 16.4. The van der Waals surface area contributed by atoms with E-state index in [2.05, 4.69) is 21.3 Å². The molecule has 0 bridgehead atoms. The monoisotopic (exact) mass is 703 g/mol. The Morgan fingerprint density at radius 1 is 0.592 bits per heavy atom. The zero-order valence-electron chi connectivity index (χ0n) is 28.8. The van der Waals surface area contributed by atoms with Crippen LogP contribution in [0.25, 0.3) is 0 Å². The van der Waals surface area contributed by atoms with Gasteiger partial charge in [-0.05, 0) is 77.8 Å². The molecule has 0 unspecified atom stereocenters. The summed E-state index contributed by atoms with van der Waals surface area (Å²) in [4.78, 5) is 88.8. The number of amides is 6. The number of carbonyl (C=O) groups is 7. The van der Waals surface area contributed by atoms with Gasteiger partial charge in [0.25, 0.3) is 0 Å². The predicted molar refractivity (Wildman–Crippen MR) is 178 cm³/mol. The Labute approximate surface area is 286 Å². The molecule has 0 aliphatic carbocycles. The Kier molecular flexibility index (Phi) is 21.6. The van der Waals surface area contributed by atoms with Gasteiger partial charge < -0.3 is 64.8 Å². The van der Waals surface area contributed by atoms with E-state index in [4.69, 9.17) is 22.9 Å². The number of hydrogen-bond donors (Lipinski definition) is 12. The molecule has 16 N–H and O–H groups in total. The summed E-state index contributed by atoms with van der Waals surface area (Å²) >= 11 is 0. The Morgan fingerprint density at radius 3 is 1.41 bits per heavy atom. The zero-order valence-corrected chi connectivity index (χ0v) is 28.8. The van der Waals surface area contributed by atoms with Crippen LogP contribution in [0.1, 0.15) is 79.1 Å². The molecule has 0 aliphatic rings. The molecular formula is C30H57N9O10. The van der Waals surface area contributed by atoms with Crippen LogP contribution in [-0.2, 0) is 33.6 Å². The van der Waals surface area contributed by atoms with Gasteiger partial charge in [-0.1, -0.05) is 13.8 Å². The minimum Gasteiger partial charge on any atom is -0.480 e. The Balaban J connectivity index is 6.10. The lowest BCUT2D eigenvalue weighted by molar-refractivity contribution is -0.145. The van der Waals surface area contributed by atoms with Gasteiger partial charge in [-0.25, -0.2) is 4.79 Å². The van der Waals surface area contributed by atoms with E-state index in [0.717, 1.165) is 13.8 Å². The second kappa shape index (κ2) is 23.4. The Morgan fingerprint density at radius 2 is 1.00 bits per heavy atom. The third-order valence-corrected chi connectivity index (χ3v) is 7.37. The molecule has 19 heteroatoms. The smallest absolute Gasteiger partial charge is 0.328 e. The van der Waals surface area contributed by atoms with Crippen molar-refractivity contribution in [2.24, 2.45) is 28.9 Å². The van der Waals surface area contributed by atoms with Crippen LogP contribution in [0.2, 0.25) is 0 Å². The molecule has 0 saturated carbocycles. The normalized spacial score (nSPS) is 16.1. The zero-order chi connectivity index (χ0) is 37.8. The predicted octanol–water partition coefficient (Wildman–Crippen LogP) is -4.24. The van der Waals surface area contributed by atoms with E-state index in [9.17, 15) is 48.9 Å². The number of hydrogen-bond acceptors (Lipinski definition) is 12. The standard InChI is InChI=1S/C30H57N9O10/c1-15(2)13-18(33)25(43)35-19(9-5-7-11-31)26(44)36-20(10-6-8-12-32)27(45)38-23(16(3)40)29(47)37-21(14-22(34)42)28(46)39-24(17(4)41)30(48)49/h15-21,23-24,40-41H,5-14,31-33H2,1-4H3,(H2,34,42)(H,35,43)(H,36,44)(H,37,47)(H,38,45)(H,39,46)(H,48,49)/t16-,17-,18+,19+,20+,21+,23+,24+/m1/s1. The summed E-state index contributed by atoms with van der Waals surface area (Å²) in [7, 11) is 0. The molecule has 0 aromatic rings. The van der Waals surface area contributed by atoms with Gasteiger partial charge in [0.15, 0.2) is 6.04 Å². The summed E-state index contributed by atoms with van der Waals surface area (Å²) in [5.41, 5.74) is 22.4. The van der Waals surface area contributed by atoms with E-state index in [0.29, 0.717) is 38.6 Å². The number of carboxylic acids is 1. The van der Waals surface area contributed by atoms with Crippen molar-refractivity contribution in [3.8, 4) is 0 Å². The van der Waals surface area contributed by atoms with Gasteiger partial charge in [-0.2, -0.15) is 0 Å². The molecule has 49 heavy (non-hydrogen) atoms. The number of carboxylic acid groups (broad SMARTS) is 1. The van der Waals surface area contributed by atoms with Crippen LogP contribution in [0.15, 0.2) is 0 Å². The van der Waals surface area contributed by atoms with Crippen molar-refractivity contribution in [3.05, 3.63) is 0 Å². The highest BCUT2D eigenvalue weighted by Crippen LogP contribution is 2.09. The lowest BCUT2D eigenvalue weighted by Gasteiger charge is -2.28. The number of aliphatic hydroxyl groups is 2. The second-order valence-electron chi connectivity index (χ2n) is 12.5. The van der Waals surface area contributed by atoms with E-state index >= 15 is 0 Å². The van der Waals surface area contributed by atoms with Crippen LogP contribution in [0.3, 0.4) is 0 Å². The van der Waals surface area contributed by atoms with Crippen LogP contribution in [-0.4, -0.2) is 118 Å². The maximum Gasteiger partial charge on any atom is 0.328 e. The number of rotatable bonds is 25. The van der Waals surface area contributed by atoms with Crippen molar-refractivity contribution in [2.75, 3.05) is 13.1 Å². The summed E-state index contributed by atoms with van der Waals surface area (Å²) in [6.45, 7) is 6.68. The summed E-state index contributed by atoms with van der Waals surface area (Å²) in [6.07, 6.45) is -1.39. The maximum absolute atomic E-state index is 13.5. The number of aliphatic hydroxyl groups excluding tert-OH is 2. The number of primary amides is 1. The average Bonchev–Trinajstić information content (AvgIpc) is 2.99. The van der Waals surface area contributed by atoms with Gasteiger partial charge in [-0.3, -0.25) is 28.8 Å². The van der Waals surface area contributed by atoms with Gasteiger partial charge in [0.05, 0.1) is 24.7 Å². The lowest BCUT2D eigenvalue weighted by atomic mass is 10.0. The van der Waals surface area contributed by atoms with E-state index in [1.807, 2.05) is 19.2 Å². The average molecular weight is 704 g/mol. The molecule has 0 spiro atoms. The van der Waals surface area contributed by atoms with Crippen LogP contribution in [0.4, 0.5) is 0 Å². The Hall–Kier alpha value is -3.91. The fourth-order valence-electron chi connectivity index (χ4n) is 4.66. The van der Waals surface area contributed by atoms with Gasteiger partial charge in [0.1, 0.15) is 24.2 Å². The fourth-order valence-corrected chi connectivity index (χ4v) is 4.66. The van der Waals surface area contributed by atoms with Crippen molar-refractivity contribution in [1.29, 1.82) is 0 Å². The topological polar surface area (TPSA) is 344 Å². The summed E-state index contributed by atoms with van der Waals surface area (Å²) in [6, 6.07) is -8.48. The third-order valence-electron chi connectivity index (χ3n) is 7.37.